The Balaban J connectivity index is 1.93. The van der Waals surface area contributed by atoms with Gasteiger partial charge in [0, 0.05) is 17.7 Å². The van der Waals surface area contributed by atoms with E-state index in [1.807, 2.05) is 0 Å². The second-order valence-electron chi connectivity index (χ2n) is 7.25. The third-order valence-corrected chi connectivity index (χ3v) is 5.66. The zero-order chi connectivity index (χ0) is 22.8. The molecule has 0 saturated carbocycles. The number of hydrogen-bond donors (Lipinski definition) is 3. The Morgan fingerprint density at radius 3 is 1.97 bits per heavy atom. The van der Waals surface area contributed by atoms with E-state index in [-0.39, 0.29) is 51.2 Å². The lowest BCUT2D eigenvalue weighted by atomic mass is 9.77. The Bertz CT molecular complexity index is 1270. The van der Waals surface area contributed by atoms with Crippen LogP contribution < -0.4 is 14.2 Å². The van der Waals surface area contributed by atoms with E-state index < -0.39 is 17.5 Å². The number of carboxylic acids is 1. The van der Waals surface area contributed by atoms with E-state index in [1.165, 1.54) is 50.6 Å². The second kappa shape index (κ2) is 6.55. The van der Waals surface area contributed by atoms with E-state index in [0.717, 1.165) is 0 Å². The van der Waals surface area contributed by atoms with Crippen LogP contribution in [0.25, 0.3) is 0 Å². The fourth-order valence-corrected chi connectivity index (χ4v) is 4.30. The Hall–Kier alpha value is -4.40. The third-order valence-electron chi connectivity index (χ3n) is 5.66. The molecule has 0 atom stereocenters. The van der Waals surface area contributed by atoms with Gasteiger partial charge in [-0.3, -0.25) is 0 Å². The van der Waals surface area contributed by atoms with E-state index in [2.05, 4.69) is 0 Å². The molecule has 0 radical (unpaired) electrons. The summed E-state index contributed by atoms with van der Waals surface area (Å²) in [6, 6.07) is 9.93. The number of carboxylic acid groups (broad SMARTS) is 1. The lowest BCUT2D eigenvalue weighted by Gasteiger charge is -2.37. The van der Waals surface area contributed by atoms with E-state index in [1.54, 1.807) is 6.07 Å². The maximum atomic E-state index is 13.0. The monoisotopic (exact) mass is 436 g/mol. The number of ether oxygens (including phenoxy) is 4. The zero-order valence-corrected chi connectivity index (χ0v) is 16.8. The van der Waals surface area contributed by atoms with Crippen molar-refractivity contribution in [3.63, 3.8) is 0 Å². The first-order valence-electron chi connectivity index (χ1n) is 9.42. The molecular formula is C23H16O9. The molecule has 2 aliphatic rings. The van der Waals surface area contributed by atoms with Gasteiger partial charge in [-0.25, -0.2) is 9.59 Å². The number of benzene rings is 3. The van der Waals surface area contributed by atoms with Crippen LogP contribution in [0.1, 0.15) is 37.4 Å². The Morgan fingerprint density at radius 1 is 0.906 bits per heavy atom. The summed E-state index contributed by atoms with van der Waals surface area (Å²) in [5, 5.41) is 30.2. The lowest BCUT2D eigenvalue weighted by Crippen LogP contribution is -2.33. The van der Waals surface area contributed by atoms with Crippen LogP contribution in [-0.4, -0.2) is 41.5 Å². The summed E-state index contributed by atoms with van der Waals surface area (Å²) < 4.78 is 22.3. The quantitative estimate of drug-likeness (QED) is 0.529. The number of aromatic carboxylic acids is 1. The maximum Gasteiger partial charge on any atom is 0.341 e. The highest BCUT2D eigenvalue weighted by molar-refractivity contribution is 6.06. The minimum absolute atomic E-state index is 0.0970. The van der Waals surface area contributed by atoms with Crippen molar-refractivity contribution in [1.82, 2.24) is 0 Å². The summed E-state index contributed by atoms with van der Waals surface area (Å²) in [6.45, 7) is 0. The van der Waals surface area contributed by atoms with Gasteiger partial charge < -0.3 is 34.3 Å². The summed E-state index contributed by atoms with van der Waals surface area (Å²) in [5.41, 5.74) is -1.06. The fourth-order valence-electron chi connectivity index (χ4n) is 4.30. The number of phenols is 2. The third kappa shape index (κ3) is 2.38. The molecule has 0 fully saturated rings. The highest BCUT2D eigenvalue weighted by Gasteiger charge is 2.55. The number of phenolic OH excluding ortho intramolecular Hbond substituents is 2. The first-order chi connectivity index (χ1) is 15.3. The average molecular weight is 436 g/mol. The van der Waals surface area contributed by atoms with E-state index in [9.17, 15) is 24.9 Å². The van der Waals surface area contributed by atoms with E-state index in [0.29, 0.717) is 11.1 Å². The van der Waals surface area contributed by atoms with Crippen molar-refractivity contribution in [3.8, 4) is 34.5 Å². The molecule has 2 aliphatic heterocycles. The molecule has 162 valence electrons. The number of carbonyl (C=O) groups is 2. The van der Waals surface area contributed by atoms with Gasteiger partial charge in [-0.2, -0.15) is 0 Å². The fraction of sp³-hybridized carbons (Fsp3) is 0.130. The maximum absolute atomic E-state index is 13.0. The molecule has 3 N–H and O–H groups in total. The Morgan fingerprint density at radius 2 is 1.47 bits per heavy atom. The minimum atomic E-state index is -1.64. The van der Waals surface area contributed by atoms with Crippen LogP contribution >= 0.6 is 0 Å². The molecule has 0 amide bonds. The highest BCUT2D eigenvalue weighted by Crippen LogP contribution is 2.59. The molecule has 9 nitrogen and oxygen atoms in total. The van der Waals surface area contributed by atoms with Gasteiger partial charge in [-0.05, 0) is 18.2 Å². The zero-order valence-electron chi connectivity index (χ0n) is 16.8. The molecule has 0 unspecified atom stereocenters. The van der Waals surface area contributed by atoms with Crippen LogP contribution in [0.5, 0.6) is 34.5 Å². The largest absolute Gasteiger partial charge is 0.504 e. The number of methoxy groups -OCH3 is 2. The summed E-state index contributed by atoms with van der Waals surface area (Å²) in [5.74, 6) is -2.08. The molecule has 5 rings (SSSR count). The first-order valence-corrected chi connectivity index (χ1v) is 9.42. The van der Waals surface area contributed by atoms with Gasteiger partial charge in [-0.1, -0.05) is 12.1 Å². The van der Waals surface area contributed by atoms with Crippen molar-refractivity contribution in [2.75, 3.05) is 14.2 Å². The highest BCUT2D eigenvalue weighted by atomic mass is 16.6. The number of aromatic hydroxyl groups is 2. The summed E-state index contributed by atoms with van der Waals surface area (Å²) in [7, 11) is 2.73. The van der Waals surface area contributed by atoms with Crippen molar-refractivity contribution in [2.24, 2.45) is 0 Å². The van der Waals surface area contributed by atoms with Crippen molar-refractivity contribution in [1.29, 1.82) is 0 Å². The van der Waals surface area contributed by atoms with Gasteiger partial charge in [0.1, 0.15) is 11.5 Å². The van der Waals surface area contributed by atoms with E-state index in [4.69, 9.17) is 18.9 Å². The smallest absolute Gasteiger partial charge is 0.341 e. The predicted octanol–water partition coefficient (Wildman–Crippen LogP) is 3.38. The number of rotatable bonds is 3. The predicted molar refractivity (Wildman–Crippen MR) is 108 cm³/mol. The molecule has 2 heterocycles. The van der Waals surface area contributed by atoms with Crippen molar-refractivity contribution >= 4 is 11.9 Å². The van der Waals surface area contributed by atoms with Crippen LogP contribution in [0.4, 0.5) is 0 Å². The van der Waals surface area contributed by atoms with Gasteiger partial charge in [0.15, 0.2) is 28.6 Å². The van der Waals surface area contributed by atoms with Gasteiger partial charge >= 0.3 is 11.9 Å². The molecule has 0 saturated heterocycles. The number of hydrogen-bond acceptors (Lipinski definition) is 8. The molecule has 3 aromatic carbocycles. The second-order valence-corrected chi connectivity index (χ2v) is 7.25. The Labute approximate surface area is 181 Å². The van der Waals surface area contributed by atoms with Crippen LogP contribution in [0.2, 0.25) is 0 Å². The first kappa shape index (κ1) is 19.6. The summed E-state index contributed by atoms with van der Waals surface area (Å²) >= 11 is 0. The number of fused-ring (bicyclic) bond motifs is 6. The summed E-state index contributed by atoms with van der Waals surface area (Å²) in [4.78, 5) is 24.9. The van der Waals surface area contributed by atoms with Crippen LogP contribution in [-0.2, 0) is 10.3 Å². The molecule has 0 aliphatic carbocycles. The van der Waals surface area contributed by atoms with Crippen molar-refractivity contribution < 1.29 is 43.9 Å². The molecule has 1 spiro atoms. The van der Waals surface area contributed by atoms with Gasteiger partial charge in [0.05, 0.1) is 36.5 Å². The minimum Gasteiger partial charge on any atom is -0.504 e. The van der Waals surface area contributed by atoms with Crippen molar-refractivity contribution in [2.45, 2.75) is 5.60 Å². The Kier molecular flexibility index (Phi) is 4.00. The van der Waals surface area contributed by atoms with Crippen LogP contribution in [0.3, 0.4) is 0 Å². The molecule has 32 heavy (non-hydrogen) atoms. The van der Waals surface area contributed by atoms with E-state index >= 15 is 0 Å². The standard InChI is InChI=1S/C23H16O9/c1-29-18-6-12-16(8-14(18)24)31-17-9-15(25)19(30-2)7-13(17)23(12)11-5-3-4-10(21(26)27)20(11)22(28)32-23/h3-9,24-25H,1-2H3,(H,26,27). The molecule has 3 aromatic rings. The lowest BCUT2D eigenvalue weighted by molar-refractivity contribution is 0.0220. The number of carbonyl (C=O) groups excluding carboxylic acids is 1. The average Bonchev–Trinajstić information content (AvgIpc) is 3.06. The summed E-state index contributed by atoms with van der Waals surface area (Å²) in [6.07, 6.45) is 0. The normalized spacial score (nSPS) is 14.6. The molecule has 0 aromatic heterocycles. The van der Waals surface area contributed by atoms with Gasteiger partial charge in [0.2, 0.25) is 0 Å². The van der Waals surface area contributed by atoms with Gasteiger partial charge in [-0.15, -0.1) is 0 Å². The molecule has 9 heteroatoms. The molecule has 0 bridgehead atoms. The van der Waals surface area contributed by atoms with Crippen LogP contribution in [0, 0.1) is 0 Å². The topological polar surface area (TPSA) is 132 Å². The van der Waals surface area contributed by atoms with Gasteiger partial charge in [0.25, 0.3) is 0 Å². The number of esters is 1. The van der Waals surface area contributed by atoms with Crippen molar-refractivity contribution in [3.05, 3.63) is 70.3 Å². The van der Waals surface area contributed by atoms with Crippen LogP contribution in [0.15, 0.2) is 42.5 Å². The molecular weight excluding hydrogens is 420 g/mol. The SMILES string of the molecule is COc1cc2c(cc1O)Oc1cc(O)c(OC)cc1C21OC(=O)c2c(C(=O)O)cccc21.